The van der Waals surface area contributed by atoms with Crippen LogP contribution in [0.1, 0.15) is 38.7 Å². The normalized spacial score (nSPS) is 18.4. The van der Waals surface area contributed by atoms with E-state index in [0.717, 1.165) is 29.1 Å². The second-order valence-corrected chi connectivity index (χ2v) is 7.55. The first-order valence-electron chi connectivity index (χ1n) is 7.73. The van der Waals surface area contributed by atoms with E-state index in [-0.39, 0.29) is 4.90 Å². The highest BCUT2D eigenvalue weighted by molar-refractivity contribution is 7.89. The fraction of sp³-hybridized carbons (Fsp3) is 0.412. The number of hydrazone groups is 1. The summed E-state index contributed by atoms with van der Waals surface area (Å²) in [5.41, 5.74) is 1.95. The molecule has 6 heteroatoms. The van der Waals surface area contributed by atoms with Crippen molar-refractivity contribution < 1.29 is 13.2 Å². The highest BCUT2D eigenvalue weighted by atomic mass is 32.2. The summed E-state index contributed by atoms with van der Waals surface area (Å²) >= 11 is 0. The molecule has 1 aromatic rings. The molecule has 0 N–H and O–H groups in total. The van der Waals surface area contributed by atoms with Gasteiger partial charge in [0.25, 0.3) is 10.0 Å². The van der Waals surface area contributed by atoms with Gasteiger partial charge in [0.15, 0.2) is 0 Å². The van der Waals surface area contributed by atoms with Crippen LogP contribution in [0.4, 0.5) is 0 Å². The molecule has 23 heavy (non-hydrogen) atoms. The molecule has 1 aliphatic rings. The van der Waals surface area contributed by atoms with Crippen LogP contribution in [0.5, 0.6) is 0 Å². The van der Waals surface area contributed by atoms with E-state index in [1.807, 2.05) is 13.8 Å². The molecule has 2 rings (SSSR count). The molecule has 124 valence electrons. The monoisotopic (exact) mass is 334 g/mol. The summed E-state index contributed by atoms with van der Waals surface area (Å²) in [5, 5.41) is 4.21. The minimum Gasteiger partial charge on any atom is -0.298 e. The quantitative estimate of drug-likeness (QED) is 0.751. The van der Waals surface area contributed by atoms with Crippen molar-refractivity contribution in [2.45, 2.75) is 51.0 Å². The first kappa shape index (κ1) is 17.4. The largest absolute Gasteiger partial charge is 0.298 e. The van der Waals surface area contributed by atoms with Crippen molar-refractivity contribution in [3.63, 3.8) is 0 Å². The molecule has 1 aromatic carbocycles. The Balaban J connectivity index is 2.46. The molecule has 0 saturated heterocycles. The highest BCUT2D eigenvalue weighted by Crippen LogP contribution is 2.28. The zero-order valence-corrected chi connectivity index (χ0v) is 14.5. The standard InChI is InChI=1S/C17H22N2O3S/c1-4-5-6-17-15(12-20)11-14(3)18-19(17)23(21,22)16-9-7-13(2)8-10-16/h7-12,17H,4-6H2,1-3H3/t17-/m1/s1. The van der Waals surface area contributed by atoms with Crippen LogP contribution in [0, 0.1) is 6.92 Å². The summed E-state index contributed by atoms with van der Waals surface area (Å²) in [4.78, 5) is 11.6. The average molecular weight is 334 g/mol. The van der Waals surface area contributed by atoms with Gasteiger partial charge < -0.3 is 0 Å². The second kappa shape index (κ2) is 7.08. The van der Waals surface area contributed by atoms with Crippen LogP contribution in [0.2, 0.25) is 0 Å². The third-order valence-corrected chi connectivity index (χ3v) is 5.51. The molecule has 0 radical (unpaired) electrons. The minimum absolute atomic E-state index is 0.188. The molecule has 0 bridgehead atoms. The summed E-state index contributed by atoms with van der Waals surface area (Å²) in [7, 11) is -3.79. The molecule has 0 amide bonds. The van der Waals surface area contributed by atoms with Crippen molar-refractivity contribution in [2.75, 3.05) is 0 Å². The number of carbonyl (C=O) groups excluding carboxylic acids is 1. The predicted molar refractivity (Wildman–Crippen MR) is 90.8 cm³/mol. The fourth-order valence-corrected chi connectivity index (χ4v) is 4.04. The number of unbranched alkanes of at least 4 members (excludes halogenated alkanes) is 1. The van der Waals surface area contributed by atoms with E-state index >= 15 is 0 Å². The summed E-state index contributed by atoms with van der Waals surface area (Å²) in [6, 6.07) is 6.12. The lowest BCUT2D eigenvalue weighted by Crippen LogP contribution is -2.40. The molecule has 1 atom stereocenters. The van der Waals surface area contributed by atoms with Gasteiger partial charge in [-0.2, -0.15) is 17.9 Å². The van der Waals surface area contributed by atoms with E-state index in [9.17, 15) is 13.2 Å². The van der Waals surface area contributed by atoms with Crippen LogP contribution in [-0.2, 0) is 14.8 Å². The van der Waals surface area contributed by atoms with Crippen LogP contribution in [-0.4, -0.2) is 30.9 Å². The molecule has 5 nitrogen and oxygen atoms in total. The summed E-state index contributed by atoms with van der Waals surface area (Å²) in [6.45, 7) is 5.62. The van der Waals surface area contributed by atoms with Gasteiger partial charge in [-0.1, -0.05) is 37.5 Å². The van der Waals surface area contributed by atoms with Crippen LogP contribution < -0.4 is 0 Å². The van der Waals surface area contributed by atoms with E-state index in [2.05, 4.69) is 5.10 Å². The Morgan fingerprint density at radius 2 is 1.87 bits per heavy atom. The number of hydrogen-bond acceptors (Lipinski definition) is 4. The Morgan fingerprint density at radius 1 is 1.22 bits per heavy atom. The number of rotatable bonds is 6. The molecule has 0 spiro atoms. The van der Waals surface area contributed by atoms with E-state index in [4.69, 9.17) is 0 Å². The van der Waals surface area contributed by atoms with Gasteiger partial charge >= 0.3 is 0 Å². The first-order valence-corrected chi connectivity index (χ1v) is 9.17. The number of aldehydes is 1. The Morgan fingerprint density at radius 3 is 2.43 bits per heavy atom. The van der Waals surface area contributed by atoms with Crippen LogP contribution in [0.25, 0.3) is 0 Å². The maximum Gasteiger partial charge on any atom is 0.279 e. The van der Waals surface area contributed by atoms with Gasteiger partial charge in [-0.3, -0.25) is 4.79 Å². The van der Waals surface area contributed by atoms with Gasteiger partial charge in [0.1, 0.15) is 6.29 Å². The Kier molecular flexibility index (Phi) is 5.36. The van der Waals surface area contributed by atoms with E-state index in [1.165, 1.54) is 0 Å². The molecule has 1 heterocycles. The van der Waals surface area contributed by atoms with Crippen molar-refractivity contribution in [1.82, 2.24) is 4.41 Å². The fourth-order valence-electron chi connectivity index (χ4n) is 2.55. The third-order valence-electron chi connectivity index (χ3n) is 3.82. The molecule has 0 saturated carbocycles. The number of nitrogens with zero attached hydrogens (tertiary/aromatic N) is 2. The number of carbonyl (C=O) groups is 1. The first-order chi connectivity index (χ1) is 10.9. The smallest absolute Gasteiger partial charge is 0.279 e. The lowest BCUT2D eigenvalue weighted by atomic mass is 10.0. The number of sulfonamides is 1. The molecule has 0 aromatic heterocycles. The van der Waals surface area contributed by atoms with Gasteiger partial charge in [0.05, 0.1) is 16.6 Å². The van der Waals surface area contributed by atoms with Gasteiger partial charge in [-0.05, 0) is 38.5 Å². The van der Waals surface area contributed by atoms with Crippen molar-refractivity contribution >= 4 is 22.0 Å². The van der Waals surface area contributed by atoms with E-state index < -0.39 is 16.1 Å². The molecule has 0 fully saturated rings. The van der Waals surface area contributed by atoms with Crippen LogP contribution in [0.15, 0.2) is 45.9 Å². The average Bonchev–Trinajstić information content (AvgIpc) is 2.53. The lowest BCUT2D eigenvalue weighted by molar-refractivity contribution is -0.105. The number of benzene rings is 1. The zero-order valence-electron chi connectivity index (χ0n) is 13.7. The lowest BCUT2D eigenvalue weighted by Gasteiger charge is -2.31. The Labute approximate surface area is 137 Å². The van der Waals surface area contributed by atoms with Crippen molar-refractivity contribution in [2.24, 2.45) is 5.10 Å². The third kappa shape index (κ3) is 3.69. The van der Waals surface area contributed by atoms with Crippen LogP contribution >= 0.6 is 0 Å². The van der Waals surface area contributed by atoms with Crippen molar-refractivity contribution in [1.29, 1.82) is 0 Å². The highest BCUT2D eigenvalue weighted by Gasteiger charge is 2.34. The SMILES string of the molecule is CCCC[C@@H]1C(C=O)=CC(C)=NN1S(=O)(=O)c1ccc(C)cc1. The van der Waals surface area contributed by atoms with Gasteiger partial charge in [-0.15, -0.1) is 0 Å². The molecule has 1 aliphatic heterocycles. The van der Waals surface area contributed by atoms with Crippen LogP contribution in [0.3, 0.4) is 0 Å². The molecule has 0 unspecified atom stereocenters. The number of hydrogen-bond donors (Lipinski definition) is 0. The number of aryl methyl sites for hydroxylation is 1. The van der Waals surface area contributed by atoms with E-state index in [0.29, 0.717) is 17.7 Å². The Bertz CT molecular complexity index is 734. The number of allylic oxidation sites excluding steroid dienone is 1. The van der Waals surface area contributed by atoms with E-state index in [1.54, 1.807) is 37.3 Å². The van der Waals surface area contributed by atoms with Gasteiger partial charge in [0.2, 0.25) is 0 Å². The van der Waals surface area contributed by atoms with Gasteiger partial charge in [-0.25, -0.2) is 0 Å². The van der Waals surface area contributed by atoms with Gasteiger partial charge in [0, 0.05) is 5.57 Å². The summed E-state index contributed by atoms with van der Waals surface area (Å²) in [5.74, 6) is 0. The molecular formula is C17H22N2O3S. The summed E-state index contributed by atoms with van der Waals surface area (Å²) < 4.78 is 27.0. The molecular weight excluding hydrogens is 312 g/mol. The predicted octanol–water partition coefficient (Wildman–Crippen LogP) is 3.06. The molecule has 0 aliphatic carbocycles. The van der Waals surface area contributed by atoms with Crippen molar-refractivity contribution in [3.8, 4) is 0 Å². The topological polar surface area (TPSA) is 66.8 Å². The second-order valence-electron chi connectivity index (χ2n) is 5.75. The Hall–Kier alpha value is -1.95. The maximum absolute atomic E-state index is 13.0. The minimum atomic E-state index is -3.79. The maximum atomic E-state index is 13.0. The van der Waals surface area contributed by atoms with Crippen molar-refractivity contribution in [3.05, 3.63) is 41.5 Å². The summed E-state index contributed by atoms with van der Waals surface area (Å²) in [6.07, 6.45) is 4.71. The zero-order chi connectivity index (χ0) is 17.0.